The summed E-state index contributed by atoms with van der Waals surface area (Å²) in [5, 5.41) is 5.55. The Morgan fingerprint density at radius 2 is 2.07 bits per heavy atom. The van der Waals surface area contributed by atoms with E-state index in [1.165, 1.54) is 25.4 Å². The number of rotatable bonds is 9. The number of methoxy groups -OCH3 is 1. The summed E-state index contributed by atoms with van der Waals surface area (Å²) in [4.78, 5) is 26.0. The molecule has 1 aromatic heterocycles. The van der Waals surface area contributed by atoms with Crippen molar-refractivity contribution in [2.45, 2.75) is 13.5 Å². The molecule has 144 valence electrons. The molecule has 0 saturated carbocycles. The molecule has 0 spiro atoms. The molecule has 3 N–H and O–H groups in total. The molecule has 6 nitrogen and oxygen atoms in total. The Balaban J connectivity index is 2.07. The van der Waals surface area contributed by atoms with Gasteiger partial charge in [-0.15, -0.1) is 11.3 Å². The summed E-state index contributed by atoms with van der Waals surface area (Å²) in [6, 6.07) is 8.90. The average Bonchev–Trinajstić information content (AvgIpc) is 2.99. The summed E-state index contributed by atoms with van der Waals surface area (Å²) >= 11 is 7.49. The van der Waals surface area contributed by atoms with Crippen LogP contribution in [-0.2, 0) is 16.1 Å². The van der Waals surface area contributed by atoms with E-state index in [0.717, 1.165) is 14.1 Å². The number of quaternary nitrogens is 1. The quantitative estimate of drug-likeness (QED) is 0.558. The zero-order chi connectivity index (χ0) is 19.8. The number of halogens is 1. The van der Waals surface area contributed by atoms with E-state index in [2.05, 4.69) is 17.2 Å². The minimum Gasteiger partial charge on any atom is -0.495 e. The number of carbonyl (C=O) groups is 2. The Morgan fingerprint density at radius 1 is 1.30 bits per heavy atom. The number of carbonyl (C=O) groups excluding carboxylic acids is 2. The number of anilines is 2. The molecule has 0 aliphatic heterocycles. The molecule has 0 saturated heterocycles. The van der Waals surface area contributed by atoms with Gasteiger partial charge in [0, 0.05) is 12.6 Å². The van der Waals surface area contributed by atoms with Crippen LogP contribution < -0.4 is 20.3 Å². The zero-order valence-electron chi connectivity index (χ0n) is 15.3. The summed E-state index contributed by atoms with van der Waals surface area (Å²) in [7, 11) is 1.53. The van der Waals surface area contributed by atoms with Gasteiger partial charge in [-0.2, -0.15) is 0 Å². The van der Waals surface area contributed by atoms with E-state index in [1.807, 2.05) is 12.1 Å². The van der Waals surface area contributed by atoms with Crippen molar-refractivity contribution < 1.29 is 19.2 Å². The Morgan fingerprint density at radius 3 is 2.67 bits per heavy atom. The van der Waals surface area contributed by atoms with Crippen LogP contribution in [0.1, 0.15) is 11.8 Å². The lowest BCUT2D eigenvalue weighted by Gasteiger charge is -2.18. The largest absolute Gasteiger partial charge is 0.495 e. The molecule has 1 unspecified atom stereocenters. The van der Waals surface area contributed by atoms with Gasteiger partial charge in [-0.1, -0.05) is 18.2 Å². The first kappa shape index (κ1) is 21.0. The summed E-state index contributed by atoms with van der Waals surface area (Å²) in [5.74, 6) is 0.175. The second-order valence-electron chi connectivity index (χ2n) is 5.95. The summed E-state index contributed by atoms with van der Waals surface area (Å²) in [5.41, 5.74) is 1.09. The molecular formula is C19H23ClN3O3S+. The van der Waals surface area contributed by atoms with Crippen molar-refractivity contribution in [3.8, 4) is 5.75 Å². The fourth-order valence-electron chi connectivity index (χ4n) is 2.61. The van der Waals surface area contributed by atoms with Crippen LogP contribution in [0, 0.1) is 0 Å². The monoisotopic (exact) mass is 408 g/mol. The van der Waals surface area contributed by atoms with Gasteiger partial charge in [0.15, 0.2) is 6.54 Å². The Kier molecular flexibility index (Phi) is 7.84. The lowest BCUT2D eigenvalue weighted by atomic mass is 10.2. The number of thiophene rings is 1. The third-order valence-corrected chi connectivity index (χ3v) is 4.92. The fraction of sp³-hybridized carbons (Fsp3) is 0.263. The molecule has 1 heterocycles. The maximum absolute atomic E-state index is 12.6. The number of ether oxygens (including phenoxy) is 1. The standard InChI is InChI=1S/C19H22ClN3O3S/c1-4-9-23(11-15-6-8-18(20)27-15)12-19(25)22-16-10-14(21-13(2)24)5-7-17(16)26-3/h4-8,10H,1,9,11-12H2,2-3H3,(H,21,24)(H,22,25)/p+1. The topological polar surface area (TPSA) is 71.9 Å². The van der Waals surface area contributed by atoms with Crippen molar-refractivity contribution in [1.29, 1.82) is 0 Å². The SMILES string of the molecule is C=CC[NH+](CC(=O)Nc1cc(NC(C)=O)ccc1OC)Cc1ccc(Cl)s1. The number of hydrogen-bond acceptors (Lipinski definition) is 4. The van der Waals surface area contributed by atoms with E-state index in [9.17, 15) is 9.59 Å². The molecule has 8 heteroatoms. The first-order valence-electron chi connectivity index (χ1n) is 8.35. The summed E-state index contributed by atoms with van der Waals surface area (Å²) in [6.45, 7) is 6.78. The number of nitrogens with one attached hydrogen (secondary N) is 3. The number of hydrogen-bond donors (Lipinski definition) is 3. The molecule has 1 atom stereocenters. The summed E-state index contributed by atoms with van der Waals surface area (Å²) in [6.07, 6.45) is 1.79. The van der Waals surface area contributed by atoms with E-state index in [-0.39, 0.29) is 18.4 Å². The number of amides is 2. The van der Waals surface area contributed by atoms with Crippen molar-refractivity contribution in [3.05, 3.63) is 52.2 Å². The predicted molar refractivity (Wildman–Crippen MR) is 110 cm³/mol. The highest BCUT2D eigenvalue weighted by molar-refractivity contribution is 7.16. The van der Waals surface area contributed by atoms with Crippen LogP contribution in [0.2, 0.25) is 4.34 Å². The van der Waals surface area contributed by atoms with Gasteiger partial charge < -0.3 is 20.3 Å². The second kappa shape index (κ2) is 10.1. The maximum atomic E-state index is 12.6. The Bertz CT molecular complexity index is 822. The van der Waals surface area contributed by atoms with Crippen molar-refractivity contribution in [2.75, 3.05) is 30.8 Å². The molecule has 0 aliphatic carbocycles. The van der Waals surface area contributed by atoms with Gasteiger partial charge in [0.05, 0.1) is 28.6 Å². The van der Waals surface area contributed by atoms with E-state index in [4.69, 9.17) is 16.3 Å². The Hall–Kier alpha value is -2.35. The third kappa shape index (κ3) is 6.71. The van der Waals surface area contributed by atoms with Crippen LogP contribution in [0.15, 0.2) is 43.0 Å². The van der Waals surface area contributed by atoms with Crippen LogP contribution in [0.25, 0.3) is 0 Å². The molecule has 2 aromatic rings. The minimum atomic E-state index is -0.186. The highest BCUT2D eigenvalue weighted by Gasteiger charge is 2.17. The van der Waals surface area contributed by atoms with Crippen LogP contribution >= 0.6 is 22.9 Å². The number of benzene rings is 1. The lowest BCUT2D eigenvalue weighted by molar-refractivity contribution is -0.899. The van der Waals surface area contributed by atoms with Crippen molar-refractivity contribution >= 4 is 46.1 Å². The normalized spacial score (nSPS) is 11.5. The average molecular weight is 409 g/mol. The first-order chi connectivity index (χ1) is 12.9. The van der Waals surface area contributed by atoms with Crippen LogP contribution in [0.5, 0.6) is 5.75 Å². The lowest BCUT2D eigenvalue weighted by Crippen LogP contribution is -3.11. The third-order valence-electron chi connectivity index (χ3n) is 3.69. The van der Waals surface area contributed by atoms with Gasteiger partial charge in [-0.05, 0) is 36.4 Å². The second-order valence-corrected chi connectivity index (χ2v) is 7.75. The molecule has 2 rings (SSSR count). The summed E-state index contributed by atoms with van der Waals surface area (Å²) < 4.78 is 6.02. The smallest absolute Gasteiger partial charge is 0.279 e. The molecule has 1 aromatic carbocycles. The van der Waals surface area contributed by atoms with Gasteiger partial charge >= 0.3 is 0 Å². The van der Waals surface area contributed by atoms with Gasteiger partial charge in [0.25, 0.3) is 5.91 Å². The molecule has 2 amide bonds. The molecule has 0 aliphatic rings. The predicted octanol–water partition coefficient (Wildman–Crippen LogP) is 2.58. The first-order valence-corrected chi connectivity index (χ1v) is 9.55. The molecule has 27 heavy (non-hydrogen) atoms. The van der Waals surface area contributed by atoms with Gasteiger partial charge in [0.1, 0.15) is 12.3 Å². The van der Waals surface area contributed by atoms with E-state index in [0.29, 0.717) is 30.2 Å². The van der Waals surface area contributed by atoms with E-state index in [1.54, 1.807) is 24.3 Å². The van der Waals surface area contributed by atoms with Gasteiger partial charge in [0.2, 0.25) is 5.91 Å². The minimum absolute atomic E-state index is 0.159. The molecule has 0 bridgehead atoms. The van der Waals surface area contributed by atoms with Crippen LogP contribution in [-0.4, -0.2) is 32.0 Å². The highest BCUT2D eigenvalue weighted by Crippen LogP contribution is 2.27. The van der Waals surface area contributed by atoms with E-state index >= 15 is 0 Å². The highest BCUT2D eigenvalue weighted by atomic mass is 35.5. The zero-order valence-corrected chi connectivity index (χ0v) is 16.9. The van der Waals surface area contributed by atoms with Gasteiger partial charge in [-0.3, -0.25) is 9.59 Å². The maximum Gasteiger partial charge on any atom is 0.279 e. The van der Waals surface area contributed by atoms with Crippen molar-refractivity contribution in [2.24, 2.45) is 0 Å². The van der Waals surface area contributed by atoms with Crippen molar-refractivity contribution in [3.63, 3.8) is 0 Å². The Labute approximate surface area is 167 Å². The van der Waals surface area contributed by atoms with Gasteiger partial charge in [-0.25, -0.2) is 0 Å². The van der Waals surface area contributed by atoms with Crippen molar-refractivity contribution in [1.82, 2.24) is 0 Å². The van der Waals surface area contributed by atoms with Crippen LogP contribution in [0.3, 0.4) is 0 Å². The van der Waals surface area contributed by atoms with E-state index < -0.39 is 0 Å². The fourth-order valence-corrected chi connectivity index (χ4v) is 3.77. The molecular weight excluding hydrogens is 386 g/mol. The molecule has 0 radical (unpaired) electrons. The van der Waals surface area contributed by atoms with Crippen LogP contribution in [0.4, 0.5) is 11.4 Å². The molecule has 0 fully saturated rings.